The molecule has 3 aromatic rings. The van der Waals surface area contributed by atoms with Gasteiger partial charge in [0.15, 0.2) is 0 Å². The molecule has 0 spiro atoms. The first-order valence-electron chi connectivity index (χ1n) is 9.45. The summed E-state index contributed by atoms with van der Waals surface area (Å²) < 4.78 is 14.8. The number of halogens is 3. The summed E-state index contributed by atoms with van der Waals surface area (Å²) in [6, 6.07) is 20.5. The van der Waals surface area contributed by atoms with E-state index in [2.05, 4.69) is 83.1 Å². The van der Waals surface area contributed by atoms with Gasteiger partial charge in [-0.1, -0.05) is 44.0 Å². The molecular weight excluding hydrogens is 576 g/mol. The predicted octanol–water partition coefficient (Wildman–Crippen LogP) is 7.23. The number of rotatable bonds is 3. The van der Waals surface area contributed by atoms with Gasteiger partial charge in [0.1, 0.15) is 11.5 Å². The fraction of sp³-hybridized carbons (Fsp3) is 0.174. The Balaban J connectivity index is 1.60. The van der Waals surface area contributed by atoms with E-state index < -0.39 is 0 Å². The maximum absolute atomic E-state index is 6.49. The Morgan fingerprint density at radius 3 is 2.40 bits per heavy atom. The number of fused-ring (bicyclic) bond motifs is 3. The van der Waals surface area contributed by atoms with Gasteiger partial charge in [0.2, 0.25) is 6.23 Å². The standard InChI is InChI=1S/C23H17Br3N2O2/c1-29-17-8-4-13(5-9-17)20-12-21-18-10-16(25)11-19(26)22(18)30-23(28(21)27-20)14-2-6-15(24)7-3-14/h2-11,21,23H,12H2,1H3/t21-,23+/m1/s1. The second-order valence-corrected chi connectivity index (χ2v) is 9.89. The number of ether oxygens (including phenoxy) is 2. The monoisotopic (exact) mass is 590 g/mol. The minimum atomic E-state index is -0.302. The smallest absolute Gasteiger partial charge is 0.213 e. The molecule has 3 aromatic carbocycles. The molecule has 0 bridgehead atoms. The van der Waals surface area contributed by atoms with E-state index in [0.717, 1.165) is 53.7 Å². The summed E-state index contributed by atoms with van der Waals surface area (Å²) in [5, 5.41) is 7.10. The molecule has 0 fully saturated rings. The van der Waals surface area contributed by atoms with Crippen molar-refractivity contribution in [3.05, 3.63) is 90.8 Å². The van der Waals surface area contributed by atoms with Crippen LogP contribution in [0.3, 0.4) is 0 Å². The van der Waals surface area contributed by atoms with Gasteiger partial charge in [-0.05, 0) is 70.0 Å². The molecule has 7 heteroatoms. The fourth-order valence-electron chi connectivity index (χ4n) is 3.92. The quantitative estimate of drug-likeness (QED) is 0.322. The molecule has 2 heterocycles. The number of hydrogen-bond donors (Lipinski definition) is 0. The average Bonchev–Trinajstić information content (AvgIpc) is 3.20. The zero-order chi connectivity index (χ0) is 20.8. The normalized spacial score (nSPS) is 19.6. The first kappa shape index (κ1) is 20.1. The van der Waals surface area contributed by atoms with Gasteiger partial charge in [-0.3, -0.25) is 0 Å². The third-order valence-corrected chi connectivity index (χ3v) is 6.96. The lowest BCUT2D eigenvalue weighted by atomic mass is 9.96. The van der Waals surface area contributed by atoms with Crippen LogP contribution >= 0.6 is 47.8 Å². The molecule has 5 rings (SSSR count). The first-order chi connectivity index (χ1) is 14.5. The van der Waals surface area contributed by atoms with E-state index in [4.69, 9.17) is 14.6 Å². The van der Waals surface area contributed by atoms with Crippen LogP contribution in [0.4, 0.5) is 0 Å². The van der Waals surface area contributed by atoms with Gasteiger partial charge in [0.05, 0.1) is 23.3 Å². The Kier molecular flexibility index (Phi) is 5.37. The Morgan fingerprint density at radius 1 is 0.967 bits per heavy atom. The van der Waals surface area contributed by atoms with Crippen molar-refractivity contribution in [2.24, 2.45) is 5.10 Å². The highest BCUT2D eigenvalue weighted by Gasteiger charge is 2.41. The molecule has 0 aromatic heterocycles. The van der Waals surface area contributed by atoms with Crippen molar-refractivity contribution in [3.8, 4) is 11.5 Å². The molecule has 30 heavy (non-hydrogen) atoms. The summed E-state index contributed by atoms with van der Waals surface area (Å²) in [5.74, 6) is 1.71. The molecule has 152 valence electrons. The van der Waals surface area contributed by atoms with Crippen molar-refractivity contribution in [1.82, 2.24) is 5.01 Å². The zero-order valence-electron chi connectivity index (χ0n) is 16.0. The van der Waals surface area contributed by atoms with Gasteiger partial charge < -0.3 is 9.47 Å². The maximum atomic E-state index is 6.49. The van der Waals surface area contributed by atoms with Crippen LogP contribution in [0.25, 0.3) is 0 Å². The van der Waals surface area contributed by atoms with E-state index >= 15 is 0 Å². The molecule has 0 unspecified atom stereocenters. The van der Waals surface area contributed by atoms with Crippen molar-refractivity contribution in [1.29, 1.82) is 0 Å². The van der Waals surface area contributed by atoms with Crippen LogP contribution in [0.1, 0.15) is 35.4 Å². The number of methoxy groups -OCH3 is 1. The predicted molar refractivity (Wildman–Crippen MR) is 128 cm³/mol. The molecule has 0 saturated carbocycles. The van der Waals surface area contributed by atoms with Crippen molar-refractivity contribution < 1.29 is 9.47 Å². The minimum absolute atomic E-state index is 0.0910. The minimum Gasteiger partial charge on any atom is -0.497 e. The lowest BCUT2D eigenvalue weighted by Gasteiger charge is -2.38. The van der Waals surface area contributed by atoms with Gasteiger partial charge in [0.25, 0.3) is 0 Å². The topological polar surface area (TPSA) is 34.1 Å². The Labute approximate surface area is 200 Å². The number of hydrogen-bond acceptors (Lipinski definition) is 4. The van der Waals surface area contributed by atoms with E-state index in [1.165, 1.54) is 0 Å². The van der Waals surface area contributed by atoms with E-state index in [-0.39, 0.29) is 12.3 Å². The lowest BCUT2D eigenvalue weighted by molar-refractivity contribution is -0.0197. The first-order valence-corrected chi connectivity index (χ1v) is 11.8. The second kappa shape index (κ2) is 8.02. The highest BCUT2D eigenvalue weighted by molar-refractivity contribution is 9.11. The summed E-state index contributed by atoms with van der Waals surface area (Å²) in [5.41, 5.74) is 4.31. The number of hydrazone groups is 1. The number of nitrogens with zero attached hydrogens (tertiary/aromatic N) is 2. The van der Waals surface area contributed by atoms with Crippen molar-refractivity contribution in [2.75, 3.05) is 7.11 Å². The lowest BCUT2D eigenvalue weighted by Crippen LogP contribution is -2.33. The van der Waals surface area contributed by atoms with Crippen molar-refractivity contribution in [3.63, 3.8) is 0 Å². The SMILES string of the molecule is COc1ccc(C2=NN3[C@H](C2)c2cc(Br)cc(Br)c2O[C@H]3c2ccc(Br)cc2)cc1. The highest BCUT2D eigenvalue weighted by Crippen LogP contribution is 2.50. The Bertz CT molecular complexity index is 1130. The summed E-state index contributed by atoms with van der Waals surface area (Å²) in [4.78, 5) is 0. The number of benzene rings is 3. The van der Waals surface area contributed by atoms with Crippen LogP contribution in [0, 0.1) is 0 Å². The molecule has 0 aliphatic carbocycles. The van der Waals surface area contributed by atoms with Gasteiger partial charge in [-0.15, -0.1) is 0 Å². The molecule has 0 saturated heterocycles. The summed E-state index contributed by atoms with van der Waals surface area (Å²) in [7, 11) is 1.68. The van der Waals surface area contributed by atoms with Gasteiger partial charge >= 0.3 is 0 Å². The summed E-state index contributed by atoms with van der Waals surface area (Å²) in [6.45, 7) is 0. The van der Waals surface area contributed by atoms with Crippen LogP contribution in [-0.4, -0.2) is 17.8 Å². The van der Waals surface area contributed by atoms with Crippen molar-refractivity contribution >= 4 is 53.5 Å². The highest BCUT2D eigenvalue weighted by atomic mass is 79.9. The van der Waals surface area contributed by atoms with E-state index in [1.807, 2.05) is 30.3 Å². The molecule has 2 aliphatic rings. The van der Waals surface area contributed by atoms with E-state index in [1.54, 1.807) is 7.11 Å². The molecule has 0 N–H and O–H groups in total. The molecule has 0 radical (unpaired) electrons. The largest absolute Gasteiger partial charge is 0.497 e. The van der Waals surface area contributed by atoms with Gasteiger partial charge in [-0.25, -0.2) is 5.01 Å². The Hall–Kier alpha value is -1.83. The van der Waals surface area contributed by atoms with Crippen LogP contribution < -0.4 is 9.47 Å². The van der Waals surface area contributed by atoms with Crippen LogP contribution in [0.15, 0.2) is 79.2 Å². The second-order valence-electron chi connectivity index (χ2n) is 7.20. The molecule has 2 aliphatic heterocycles. The van der Waals surface area contributed by atoms with Gasteiger partial charge in [0, 0.05) is 26.5 Å². The maximum Gasteiger partial charge on any atom is 0.213 e. The molecule has 4 nitrogen and oxygen atoms in total. The third-order valence-electron chi connectivity index (χ3n) is 5.39. The Morgan fingerprint density at radius 2 is 1.70 bits per heavy atom. The van der Waals surface area contributed by atoms with E-state index in [0.29, 0.717) is 0 Å². The van der Waals surface area contributed by atoms with Crippen LogP contribution in [-0.2, 0) is 0 Å². The summed E-state index contributed by atoms with van der Waals surface area (Å²) >= 11 is 10.8. The zero-order valence-corrected chi connectivity index (χ0v) is 20.7. The summed E-state index contributed by atoms with van der Waals surface area (Å²) in [6.07, 6.45) is 0.502. The van der Waals surface area contributed by atoms with Crippen LogP contribution in [0.2, 0.25) is 0 Å². The van der Waals surface area contributed by atoms with Gasteiger partial charge in [-0.2, -0.15) is 5.10 Å². The van der Waals surface area contributed by atoms with Crippen LogP contribution in [0.5, 0.6) is 11.5 Å². The van der Waals surface area contributed by atoms with E-state index in [9.17, 15) is 0 Å². The fourth-order valence-corrected chi connectivity index (χ4v) is 5.54. The molecule has 2 atom stereocenters. The molecular formula is C23H17Br3N2O2. The molecule has 0 amide bonds. The average molecular weight is 593 g/mol. The van der Waals surface area contributed by atoms with Crippen molar-refractivity contribution in [2.45, 2.75) is 18.7 Å². The third kappa shape index (κ3) is 3.57.